The van der Waals surface area contributed by atoms with Crippen molar-refractivity contribution in [2.45, 2.75) is 43.7 Å². The third kappa shape index (κ3) is 3.02. The molecule has 0 radical (unpaired) electrons. The maximum Gasteiger partial charge on any atom is 0.326 e. The highest BCUT2D eigenvalue weighted by atomic mass is 16.5. The molecule has 21 heavy (non-hydrogen) atoms. The molecule has 1 aliphatic heterocycles. The number of urea groups is 1. The maximum absolute atomic E-state index is 12.3. The van der Waals surface area contributed by atoms with Gasteiger partial charge in [-0.05, 0) is 12.8 Å². The first-order valence-electron chi connectivity index (χ1n) is 7.24. The molecule has 7 nitrogen and oxygen atoms in total. The molecule has 1 aliphatic carbocycles. The molecule has 0 spiro atoms. The quantitative estimate of drug-likeness (QED) is 0.742. The molecule has 1 saturated heterocycles. The van der Waals surface area contributed by atoms with Crippen LogP contribution in [0.1, 0.15) is 32.1 Å². The van der Waals surface area contributed by atoms with Crippen LogP contribution >= 0.6 is 0 Å². The standard InChI is InChI=1S/C14H23N3O4/c1-16-10(12(19)17(2)13(16)20)8-11(18)15-14(9-21-3)6-4-5-7-14/h10H,4-9H2,1-3H3,(H,15,18). The number of hydrogen-bond donors (Lipinski definition) is 1. The minimum atomic E-state index is -0.705. The van der Waals surface area contributed by atoms with Crippen molar-refractivity contribution in [1.82, 2.24) is 15.1 Å². The van der Waals surface area contributed by atoms with Gasteiger partial charge in [-0.25, -0.2) is 4.79 Å². The highest BCUT2D eigenvalue weighted by Gasteiger charge is 2.43. The highest BCUT2D eigenvalue weighted by Crippen LogP contribution is 2.30. The van der Waals surface area contributed by atoms with Crippen molar-refractivity contribution in [2.24, 2.45) is 0 Å². The van der Waals surface area contributed by atoms with Gasteiger partial charge in [0.05, 0.1) is 18.6 Å². The molecule has 0 aromatic rings. The van der Waals surface area contributed by atoms with E-state index < -0.39 is 6.04 Å². The second kappa shape index (κ2) is 6.01. The van der Waals surface area contributed by atoms with Crippen LogP contribution in [0.4, 0.5) is 4.79 Å². The Morgan fingerprint density at radius 2 is 1.95 bits per heavy atom. The zero-order valence-corrected chi connectivity index (χ0v) is 12.8. The lowest BCUT2D eigenvalue weighted by atomic mass is 9.98. The number of rotatable bonds is 5. The van der Waals surface area contributed by atoms with Crippen LogP contribution in [0.25, 0.3) is 0 Å². The summed E-state index contributed by atoms with van der Waals surface area (Å²) in [5.74, 6) is -0.535. The van der Waals surface area contributed by atoms with Crippen molar-refractivity contribution in [2.75, 3.05) is 27.8 Å². The summed E-state index contributed by atoms with van der Waals surface area (Å²) >= 11 is 0. The van der Waals surface area contributed by atoms with Crippen molar-refractivity contribution < 1.29 is 19.1 Å². The molecule has 4 amide bonds. The minimum Gasteiger partial charge on any atom is -0.382 e. The van der Waals surface area contributed by atoms with E-state index in [9.17, 15) is 14.4 Å². The number of amides is 4. The topological polar surface area (TPSA) is 79.0 Å². The number of methoxy groups -OCH3 is 1. The first-order valence-corrected chi connectivity index (χ1v) is 7.24. The van der Waals surface area contributed by atoms with Gasteiger partial charge in [0, 0.05) is 21.2 Å². The summed E-state index contributed by atoms with van der Waals surface area (Å²) < 4.78 is 5.22. The predicted molar refractivity (Wildman–Crippen MR) is 75.6 cm³/mol. The fourth-order valence-corrected chi connectivity index (χ4v) is 3.23. The van der Waals surface area contributed by atoms with Gasteiger partial charge in [0.15, 0.2) is 0 Å². The first kappa shape index (κ1) is 15.8. The summed E-state index contributed by atoms with van der Waals surface area (Å²) in [5, 5.41) is 3.02. The molecule has 2 fully saturated rings. The van der Waals surface area contributed by atoms with Crippen molar-refractivity contribution in [3.05, 3.63) is 0 Å². The first-order chi connectivity index (χ1) is 9.90. The Morgan fingerprint density at radius 1 is 1.33 bits per heavy atom. The number of nitrogens with one attached hydrogen (secondary N) is 1. The highest BCUT2D eigenvalue weighted by molar-refractivity contribution is 6.05. The van der Waals surface area contributed by atoms with Gasteiger partial charge in [-0.15, -0.1) is 0 Å². The molecule has 7 heteroatoms. The summed E-state index contributed by atoms with van der Waals surface area (Å²) in [6.45, 7) is 0.478. The third-order valence-electron chi connectivity index (χ3n) is 4.44. The minimum absolute atomic E-state index is 0.00310. The van der Waals surface area contributed by atoms with Crippen LogP contribution in [0.3, 0.4) is 0 Å². The van der Waals surface area contributed by atoms with Crippen LogP contribution < -0.4 is 5.32 Å². The SMILES string of the molecule is COCC1(NC(=O)CC2C(=O)N(C)C(=O)N2C)CCCC1. The van der Waals surface area contributed by atoms with Crippen molar-refractivity contribution in [3.8, 4) is 0 Å². The Labute approximate surface area is 124 Å². The molecule has 1 N–H and O–H groups in total. The molecule has 118 valence electrons. The molecule has 1 unspecified atom stereocenters. The lowest BCUT2D eigenvalue weighted by Gasteiger charge is -2.30. The van der Waals surface area contributed by atoms with Gasteiger partial charge in [0.1, 0.15) is 6.04 Å². The van der Waals surface area contributed by atoms with E-state index in [0.29, 0.717) is 6.61 Å². The van der Waals surface area contributed by atoms with Gasteiger partial charge in [0.25, 0.3) is 5.91 Å². The van der Waals surface area contributed by atoms with Crippen LogP contribution in [0, 0.1) is 0 Å². The normalized spacial score (nSPS) is 24.8. The van der Waals surface area contributed by atoms with Crippen LogP contribution in [0.2, 0.25) is 0 Å². The Kier molecular flexibility index (Phi) is 4.51. The van der Waals surface area contributed by atoms with Gasteiger partial charge in [-0.2, -0.15) is 0 Å². The van der Waals surface area contributed by atoms with Crippen molar-refractivity contribution in [3.63, 3.8) is 0 Å². The maximum atomic E-state index is 12.3. The summed E-state index contributed by atoms with van der Waals surface area (Å²) in [6.07, 6.45) is 3.90. The molecule has 0 aromatic heterocycles. The Morgan fingerprint density at radius 3 is 2.43 bits per heavy atom. The van der Waals surface area contributed by atoms with Gasteiger partial charge in [-0.1, -0.05) is 12.8 Å². The van der Waals surface area contributed by atoms with Crippen molar-refractivity contribution >= 4 is 17.8 Å². The van der Waals surface area contributed by atoms with Crippen LogP contribution in [0.15, 0.2) is 0 Å². The zero-order chi connectivity index (χ0) is 15.6. The predicted octanol–water partition coefficient (Wildman–Crippen LogP) is 0.344. The second-order valence-corrected chi connectivity index (χ2v) is 5.98. The van der Waals surface area contributed by atoms with Gasteiger partial charge >= 0.3 is 6.03 Å². The van der Waals surface area contributed by atoms with Crippen molar-refractivity contribution in [1.29, 1.82) is 0 Å². The average Bonchev–Trinajstić information content (AvgIpc) is 2.95. The molecule has 2 aliphatic rings. The molecule has 1 saturated carbocycles. The Balaban J connectivity index is 1.98. The van der Waals surface area contributed by atoms with E-state index in [0.717, 1.165) is 30.6 Å². The van der Waals surface area contributed by atoms with E-state index in [-0.39, 0.29) is 29.8 Å². The number of imide groups is 1. The summed E-state index contributed by atoms with van der Waals surface area (Å²) in [6, 6.07) is -1.08. The van der Waals surface area contributed by atoms with Gasteiger partial charge in [0.2, 0.25) is 5.91 Å². The van der Waals surface area contributed by atoms with Crippen LogP contribution in [0.5, 0.6) is 0 Å². The molecule has 0 aromatic carbocycles. The Hall–Kier alpha value is -1.63. The number of ether oxygens (including phenoxy) is 1. The molecule has 1 atom stereocenters. The van der Waals surface area contributed by atoms with Gasteiger partial charge in [-0.3, -0.25) is 14.5 Å². The van der Waals surface area contributed by atoms with E-state index in [4.69, 9.17) is 4.74 Å². The molecule has 0 bridgehead atoms. The number of likely N-dealkylation sites (N-methyl/N-ethyl adjacent to an activating group) is 2. The summed E-state index contributed by atoms with van der Waals surface area (Å²) in [5.41, 5.74) is -0.317. The molecular formula is C14H23N3O4. The smallest absolute Gasteiger partial charge is 0.326 e. The fraction of sp³-hybridized carbons (Fsp3) is 0.786. The van der Waals surface area contributed by atoms with Gasteiger partial charge < -0.3 is 15.0 Å². The molecular weight excluding hydrogens is 274 g/mol. The fourth-order valence-electron chi connectivity index (χ4n) is 3.23. The lowest BCUT2D eigenvalue weighted by molar-refractivity contribution is -0.132. The van der Waals surface area contributed by atoms with E-state index in [1.54, 1.807) is 14.2 Å². The van der Waals surface area contributed by atoms with E-state index in [1.807, 2.05) is 0 Å². The summed E-state index contributed by atoms with van der Waals surface area (Å²) in [7, 11) is 4.60. The monoisotopic (exact) mass is 297 g/mol. The van der Waals surface area contributed by atoms with E-state index >= 15 is 0 Å². The van der Waals surface area contributed by atoms with E-state index in [2.05, 4.69) is 5.32 Å². The van der Waals surface area contributed by atoms with Crippen LogP contribution in [-0.4, -0.2) is 67.0 Å². The lowest BCUT2D eigenvalue weighted by Crippen LogP contribution is -2.51. The number of carbonyl (C=O) groups is 3. The number of hydrogen-bond acceptors (Lipinski definition) is 4. The van der Waals surface area contributed by atoms with E-state index in [1.165, 1.54) is 11.9 Å². The largest absolute Gasteiger partial charge is 0.382 e. The molecule has 1 heterocycles. The number of nitrogens with zero attached hydrogens (tertiary/aromatic N) is 2. The Bertz CT molecular complexity index is 446. The molecule has 2 rings (SSSR count). The average molecular weight is 297 g/mol. The summed E-state index contributed by atoms with van der Waals surface area (Å²) in [4.78, 5) is 38.3. The van der Waals surface area contributed by atoms with Crippen LogP contribution in [-0.2, 0) is 14.3 Å². The number of carbonyl (C=O) groups excluding carboxylic acids is 3. The second-order valence-electron chi connectivity index (χ2n) is 5.98. The zero-order valence-electron chi connectivity index (χ0n) is 12.8. The third-order valence-corrected chi connectivity index (χ3v) is 4.44.